The molecule has 0 bridgehead atoms. The summed E-state index contributed by atoms with van der Waals surface area (Å²) in [7, 11) is 0. The number of dihydropyridines is 1. The molecule has 1 aromatic carbocycles. The summed E-state index contributed by atoms with van der Waals surface area (Å²) in [5, 5.41) is 3.00. The normalized spacial score (nSPS) is 22.0. The van der Waals surface area contributed by atoms with E-state index in [4.69, 9.17) is 0 Å². The zero-order valence-electron chi connectivity index (χ0n) is 21.9. The SMILES string of the molecule is CCN(CCCCC1CCN(CC(=O)N2C3=NCC=CC3NC(=O)c3ccccc32)CC1)C(=O)C1CC1. The average molecular weight is 506 g/mol. The third kappa shape index (κ3) is 5.95. The maximum absolute atomic E-state index is 13.6. The number of unbranched alkanes of at least 4 members (excludes halogenated alkanes) is 1. The molecule has 3 aliphatic heterocycles. The Balaban J connectivity index is 1.12. The van der Waals surface area contributed by atoms with Crippen LogP contribution in [0.15, 0.2) is 41.4 Å². The highest BCUT2D eigenvalue weighted by Gasteiger charge is 2.36. The summed E-state index contributed by atoms with van der Waals surface area (Å²) in [5.41, 5.74) is 1.11. The molecule has 1 N–H and O–H groups in total. The number of piperidine rings is 1. The smallest absolute Gasteiger partial charge is 0.254 e. The fourth-order valence-corrected chi connectivity index (χ4v) is 5.76. The van der Waals surface area contributed by atoms with Crippen molar-refractivity contribution in [2.24, 2.45) is 16.8 Å². The van der Waals surface area contributed by atoms with Gasteiger partial charge in [-0.05, 0) is 70.2 Å². The highest BCUT2D eigenvalue weighted by Crippen LogP contribution is 2.31. The highest BCUT2D eigenvalue weighted by atomic mass is 16.2. The van der Waals surface area contributed by atoms with Gasteiger partial charge in [-0.15, -0.1) is 0 Å². The molecule has 3 amide bonds. The van der Waals surface area contributed by atoms with E-state index in [1.54, 1.807) is 11.0 Å². The Bertz CT molecular complexity index is 1070. The first-order chi connectivity index (χ1) is 18.0. The molecule has 0 radical (unpaired) electrons. The van der Waals surface area contributed by atoms with Crippen molar-refractivity contribution in [1.82, 2.24) is 15.1 Å². The van der Waals surface area contributed by atoms with Gasteiger partial charge in [0.2, 0.25) is 11.8 Å². The van der Waals surface area contributed by atoms with E-state index in [9.17, 15) is 14.4 Å². The molecular weight excluding hydrogens is 466 g/mol. The number of nitrogens with zero attached hydrogens (tertiary/aromatic N) is 4. The molecule has 1 unspecified atom stereocenters. The minimum Gasteiger partial charge on any atom is -0.343 e. The Morgan fingerprint density at radius 2 is 1.89 bits per heavy atom. The first kappa shape index (κ1) is 25.6. The van der Waals surface area contributed by atoms with Gasteiger partial charge in [0.1, 0.15) is 11.9 Å². The van der Waals surface area contributed by atoms with E-state index >= 15 is 0 Å². The molecule has 1 saturated carbocycles. The quantitative estimate of drug-likeness (QED) is 0.413. The number of likely N-dealkylation sites (tertiary alicyclic amines) is 1. The summed E-state index contributed by atoms with van der Waals surface area (Å²) in [4.78, 5) is 49.3. The molecule has 4 aliphatic rings. The van der Waals surface area contributed by atoms with E-state index in [2.05, 4.69) is 22.1 Å². The molecule has 2 fully saturated rings. The Morgan fingerprint density at radius 1 is 1.11 bits per heavy atom. The van der Waals surface area contributed by atoms with Gasteiger partial charge in [0.25, 0.3) is 5.91 Å². The number of rotatable bonds is 9. The van der Waals surface area contributed by atoms with Crippen LogP contribution in [0.3, 0.4) is 0 Å². The Hall–Kier alpha value is -3.00. The summed E-state index contributed by atoms with van der Waals surface area (Å²) in [6.07, 6.45) is 11.6. The third-order valence-corrected chi connectivity index (χ3v) is 8.10. The van der Waals surface area contributed by atoms with Crippen LogP contribution in [0.25, 0.3) is 0 Å². The van der Waals surface area contributed by atoms with Crippen LogP contribution >= 0.6 is 0 Å². The van der Waals surface area contributed by atoms with E-state index in [0.29, 0.717) is 47.9 Å². The Labute approximate surface area is 219 Å². The van der Waals surface area contributed by atoms with Crippen LogP contribution in [0.4, 0.5) is 5.69 Å². The molecule has 1 aliphatic carbocycles. The lowest BCUT2D eigenvalue weighted by Crippen LogP contribution is -2.51. The van der Waals surface area contributed by atoms with Gasteiger partial charge in [-0.2, -0.15) is 0 Å². The van der Waals surface area contributed by atoms with Crippen molar-refractivity contribution in [1.29, 1.82) is 0 Å². The minimum atomic E-state index is -0.397. The number of hydrogen-bond acceptors (Lipinski definition) is 5. The number of carbonyl (C=O) groups is 3. The van der Waals surface area contributed by atoms with E-state index < -0.39 is 6.04 Å². The summed E-state index contributed by atoms with van der Waals surface area (Å²) < 4.78 is 0. The lowest BCUT2D eigenvalue weighted by Gasteiger charge is -2.34. The van der Waals surface area contributed by atoms with Crippen molar-refractivity contribution in [2.75, 3.05) is 44.2 Å². The van der Waals surface area contributed by atoms with Crippen LogP contribution < -0.4 is 10.2 Å². The van der Waals surface area contributed by atoms with Crippen LogP contribution in [0.1, 0.15) is 62.2 Å². The Morgan fingerprint density at radius 3 is 2.65 bits per heavy atom. The zero-order chi connectivity index (χ0) is 25.8. The van der Waals surface area contributed by atoms with Crippen LogP contribution in [0.2, 0.25) is 0 Å². The van der Waals surface area contributed by atoms with Crippen LogP contribution in [-0.4, -0.2) is 78.7 Å². The fraction of sp³-hybridized carbons (Fsp3) is 0.586. The first-order valence-corrected chi connectivity index (χ1v) is 14.0. The number of aliphatic imine (C=N–C) groups is 1. The number of carbonyl (C=O) groups excluding carboxylic acids is 3. The molecule has 198 valence electrons. The van der Waals surface area contributed by atoms with Crippen molar-refractivity contribution in [3.63, 3.8) is 0 Å². The van der Waals surface area contributed by atoms with Gasteiger partial charge in [0.05, 0.1) is 24.3 Å². The fourth-order valence-electron chi connectivity index (χ4n) is 5.76. The van der Waals surface area contributed by atoms with Crippen molar-refractivity contribution >= 4 is 29.2 Å². The van der Waals surface area contributed by atoms with Gasteiger partial charge < -0.3 is 10.2 Å². The van der Waals surface area contributed by atoms with Gasteiger partial charge in [0, 0.05) is 19.0 Å². The summed E-state index contributed by atoms with van der Waals surface area (Å²) in [6.45, 7) is 6.40. The predicted octanol–water partition coefficient (Wildman–Crippen LogP) is 3.24. The molecule has 0 spiro atoms. The second-order valence-corrected chi connectivity index (χ2v) is 10.7. The van der Waals surface area contributed by atoms with Gasteiger partial charge >= 0.3 is 0 Å². The van der Waals surface area contributed by atoms with E-state index in [0.717, 1.165) is 64.7 Å². The average Bonchev–Trinajstić information content (AvgIpc) is 3.77. The van der Waals surface area contributed by atoms with E-state index in [-0.39, 0.29) is 11.8 Å². The molecule has 1 saturated heterocycles. The molecule has 1 atom stereocenters. The number of fused-ring (bicyclic) bond motifs is 2. The van der Waals surface area contributed by atoms with Crippen LogP contribution in [0.5, 0.6) is 0 Å². The Kier molecular flexibility index (Phi) is 8.03. The van der Waals surface area contributed by atoms with Crippen molar-refractivity contribution in [2.45, 2.75) is 57.9 Å². The van der Waals surface area contributed by atoms with E-state index in [1.807, 2.05) is 35.3 Å². The standard InChI is InChI=1S/C29H39N5O3/c1-2-33(29(37)22-12-13-22)17-6-5-8-21-14-18-32(19-15-21)20-26(35)34-25-11-4-3-9-23(25)28(36)31-24-10-7-16-30-27(24)34/h3-4,7,9-11,21-22,24H,2,5-6,8,12-20H2,1H3,(H,31,36). The monoisotopic (exact) mass is 505 g/mol. The van der Waals surface area contributed by atoms with Crippen molar-refractivity contribution < 1.29 is 14.4 Å². The second-order valence-electron chi connectivity index (χ2n) is 10.7. The lowest BCUT2D eigenvalue weighted by atomic mass is 9.91. The number of anilines is 1. The summed E-state index contributed by atoms with van der Waals surface area (Å²) in [5.74, 6) is 1.71. The van der Waals surface area contributed by atoms with Gasteiger partial charge in [-0.3, -0.25) is 29.2 Å². The van der Waals surface area contributed by atoms with Crippen LogP contribution in [0, 0.1) is 11.8 Å². The summed E-state index contributed by atoms with van der Waals surface area (Å²) >= 11 is 0. The molecule has 8 nitrogen and oxygen atoms in total. The minimum absolute atomic E-state index is 0.0403. The molecule has 0 aromatic heterocycles. The molecule has 5 rings (SSSR count). The van der Waals surface area contributed by atoms with Crippen LogP contribution in [-0.2, 0) is 9.59 Å². The third-order valence-electron chi connectivity index (χ3n) is 8.10. The first-order valence-electron chi connectivity index (χ1n) is 14.0. The lowest BCUT2D eigenvalue weighted by molar-refractivity contribution is -0.132. The zero-order valence-corrected chi connectivity index (χ0v) is 21.9. The number of benzene rings is 1. The maximum atomic E-state index is 13.6. The second kappa shape index (κ2) is 11.6. The number of nitrogens with one attached hydrogen (secondary N) is 1. The molecule has 1 aromatic rings. The van der Waals surface area contributed by atoms with Gasteiger partial charge in [-0.1, -0.05) is 37.1 Å². The highest BCUT2D eigenvalue weighted by molar-refractivity contribution is 6.25. The summed E-state index contributed by atoms with van der Waals surface area (Å²) in [6, 6.07) is 6.88. The molecule has 3 heterocycles. The van der Waals surface area contributed by atoms with Gasteiger partial charge in [-0.25, -0.2) is 0 Å². The largest absolute Gasteiger partial charge is 0.343 e. The van der Waals surface area contributed by atoms with Crippen molar-refractivity contribution in [3.05, 3.63) is 42.0 Å². The molecule has 8 heteroatoms. The van der Waals surface area contributed by atoms with Gasteiger partial charge in [0.15, 0.2) is 0 Å². The maximum Gasteiger partial charge on any atom is 0.254 e. The molecular formula is C29H39N5O3. The number of amidine groups is 1. The van der Waals surface area contributed by atoms with Crippen molar-refractivity contribution in [3.8, 4) is 0 Å². The number of amides is 3. The number of hydrogen-bond donors (Lipinski definition) is 1. The topological polar surface area (TPSA) is 85.3 Å². The molecule has 37 heavy (non-hydrogen) atoms. The number of para-hydroxylation sites is 1. The predicted molar refractivity (Wildman–Crippen MR) is 145 cm³/mol. The van der Waals surface area contributed by atoms with E-state index in [1.165, 1.54) is 6.42 Å².